The van der Waals surface area contributed by atoms with Gasteiger partial charge in [-0.05, 0) is 30.8 Å². The Morgan fingerprint density at radius 3 is 2.90 bits per heavy atom. The van der Waals surface area contributed by atoms with Crippen LogP contribution in [0.2, 0.25) is 5.02 Å². The first-order chi connectivity index (χ1) is 10.2. The van der Waals surface area contributed by atoms with E-state index in [4.69, 9.17) is 16.3 Å². The number of anilines is 1. The van der Waals surface area contributed by atoms with Gasteiger partial charge in [0.15, 0.2) is 0 Å². The van der Waals surface area contributed by atoms with E-state index in [-0.39, 0.29) is 18.6 Å². The summed E-state index contributed by atoms with van der Waals surface area (Å²) in [5, 5.41) is 6.61. The number of benzene rings is 1. The molecule has 0 aromatic heterocycles. The van der Waals surface area contributed by atoms with Crippen molar-refractivity contribution in [3.8, 4) is 0 Å². The van der Waals surface area contributed by atoms with Crippen LogP contribution in [-0.2, 0) is 9.53 Å². The van der Waals surface area contributed by atoms with E-state index in [9.17, 15) is 4.79 Å². The predicted molar refractivity (Wildman–Crippen MR) is 84.8 cm³/mol. The molecule has 21 heavy (non-hydrogen) atoms. The maximum atomic E-state index is 11.8. The van der Waals surface area contributed by atoms with Crippen LogP contribution in [0.5, 0.6) is 0 Å². The lowest BCUT2D eigenvalue weighted by molar-refractivity contribution is -0.115. The lowest BCUT2D eigenvalue weighted by atomic mass is 10.2. The van der Waals surface area contributed by atoms with Crippen LogP contribution in [0.15, 0.2) is 24.3 Å². The van der Waals surface area contributed by atoms with Crippen molar-refractivity contribution in [2.75, 3.05) is 44.6 Å². The number of hydrogen-bond donors (Lipinski definition) is 2. The second-order valence-electron chi connectivity index (χ2n) is 5.07. The van der Waals surface area contributed by atoms with E-state index >= 15 is 0 Å². The normalized spacial score (nSPS) is 19.4. The summed E-state index contributed by atoms with van der Waals surface area (Å²) in [7, 11) is 0. The molecular weight excluding hydrogens is 290 g/mol. The fourth-order valence-corrected chi connectivity index (χ4v) is 2.40. The van der Waals surface area contributed by atoms with E-state index in [1.165, 1.54) is 0 Å². The molecule has 0 spiro atoms. The van der Waals surface area contributed by atoms with Crippen LogP contribution in [0.1, 0.15) is 6.92 Å². The highest BCUT2D eigenvalue weighted by Crippen LogP contribution is 2.13. The van der Waals surface area contributed by atoms with Crippen molar-refractivity contribution < 1.29 is 9.53 Å². The standard InChI is InChI=1S/C15H22ClN3O2/c1-2-19-7-8-21-14(11-19)9-17-10-15(20)18-13-5-3-12(16)4-6-13/h3-6,14,17H,2,7-11H2,1H3,(H,18,20). The monoisotopic (exact) mass is 311 g/mol. The van der Waals surface area contributed by atoms with E-state index in [1.807, 2.05) is 0 Å². The van der Waals surface area contributed by atoms with Crippen LogP contribution in [0, 0.1) is 0 Å². The van der Waals surface area contributed by atoms with Crippen LogP contribution in [0.3, 0.4) is 0 Å². The third-order valence-electron chi connectivity index (χ3n) is 3.46. The zero-order chi connectivity index (χ0) is 15.1. The largest absolute Gasteiger partial charge is 0.374 e. The highest BCUT2D eigenvalue weighted by Gasteiger charge is 2.18. The Labute approximate surface area is 130 Å². The van der Waals surface area contributed by atoms with Gasteiger partial charge in [-0.25, -0.2) is 0 Å². The molecule has 6 heteroatoms. The second kappa shape index (κ2) is 8.34. The molecule has 5 nitrogen and oxygen atoms in total. The summed E-state index contributed by atoms with van der Waals surface area (Å²) >= 11 is 5.80. The number of rotatable bonds is 6. The van der Waals surface area contributed by atoms with Crippen LogP contribution in [0.25, 0.3) is 0 Å². The molecule has 1 aliphatic rings. The molecule has 1 saturated heterocycles. The Kier molecular flexibility index (Phi) is 6.45. The molecule has 0 bridgehead atoms. The zero-order valence-corrected chi connectivity index (χ0v) is 13.0. The molecule has 0 radical (unpaired) electrons. The minimum absolute atomic E-state index is 0.0690. The number of ether oxygens (including phenoxy) is 1. The summed E-state index contributed by atoms with van der Waals surface area (Å²) in [5.41, 5.74) is 0.747. The number of hydrogen-bond acceptors (Lipinski definition) is 4. The number of carbonyl (C=O) groups excluding carboxylic acids is 1. The minimum atomic E-state index is -0.0690. The first-order valence-corrected chi connectivity index (χ1v) is 7.65. The highest BCUT2D eigenvalue weighted by molar-refractivity contribution is 6.30. The van der Waals surface area contributed by atoms with Crippen LogP contribution in [-0.4, -0.2) is 56.2 Å². The molecule has 1 aromatic rings. The van der Waals surface area contributed by atoms with Crippen LogP contribution >= 0.6 is 11.6 Å². The summed E-state index contributed by atoms with van der Waals surface area (Å²) in [5.74, 6) is -0.0690. The van der Waals surface area contributed by atoms with E-state index < -0.39 is 0 Å². The Morgan fingerprint density at radius 1 is 1.43 bits per heavy atom. The molecule has 1 heterocycles. The number of nitrogens with one attached hydrogen (secondary N) is 2. The summed E-state index contributed by atoms with van der Waals surface area (Å²) in [4.78, 5) is 14.2. The number of morpholine rings is 1. The summed E-state index contributed by atoms with van der Waals surface area (Å²) in [6, 6.07) is 7.06. The third kappa shape index (κ3) is 5.63. The Bertz CT molecular complexity index is 453. The Balaban J connectivity index is 1.66. The van der Waals surface area contributed by atoms with Crippen molar-refractivity contribution in [1.29, 1.82) is 0 Å². The topological polar surface area (TPSA) is 53.6 Å². The van der Waals surface area contributed by atoms with Crippen molar-refractivity contribution >= 4 is 23.2 Å². The maximum Gasteiger partial charge on any atom is 0.238 e. The van der Waals surface area contributed by atoms with Crippen molar-refractivity contribution in [2.45, 2.75) is 13.0 Å². The number of nitrogens with zero attached hydrogens (tertiary/aromatic N) is 1. The predicted octanol–water partition coefficient (Wildman–Crippen LogP) is 1.59. The fraction of sp³-hybridized carbons (Fsp3) is 0.533. The Morgan fingerprint density at radius 2 is 2.19 bits per heavy atom. The molecule has 2 N–H and O–H groups in total. The zero-order valence-electron chi connectivity index (χ0n) is 12.3. The van der Waals surface area contributed by atoms with Gasteiger partial charge in [0.2, 0.25) is 5.91 Å². The summed E-state index contributed by atoms with van der Waals surface area (Å²) < 4.78 is 5.67. The number of carbonyl (C=O) groups is 1. The molecule has 1 atom stereocenters. The first-order valence-electron chi connectivity index (χ1n) is 7.27. The van der Waals surface area contributed by atoms with Crippen LogP contribution in [0.4, 0.5) is 5.69 Å². The van der Waals surface area contributed by atoms with Gasteiger partial charge in [0, 0.05) is 30.3 Å². The molecule has 1 fully saturated rings. The molecule has 1 aliphatic heterocycles. The van der Waals surface area contributed by atoms with Crippen molar-refractivity contribution in [2.24, 2.45) is 0 Å². The van der Waals surface area contributed by atoms with Gasteiger partial charge in [-0.2, -0.15) is 0 Å². The number of halogens is 1. The lowest BCUT2D eigenvalue weighted by Gasteiger charge is -2.32. The second-order valence-corrected chi connectivity index (χ2v) is 5.51. The van der Waals surface area contributed by atoms with Gasteiger partial charge in [-0.1, -0.05) is 18.5 Å². The third-order valence-corrected chi connectivity index (χ3v) is 3.71. The van der Waals surface area contributed by atoms with E-state index in [2.05, 4.69) is 22.5 Å². The Hall–Kier alpha value is -1.14. The molecular formula is C15H22ClN3O2. The smallest absolute Gasteiger partial charge is 0.238 e. The van der Waals surface area contributed by atoms with Gasteiger partial charge in [0.1, 0.15) is 0 Å². The molecule has 0 aliphatic carbocycles. The molecule has 116 valence electrons. The van der Waals surface area contributed by atoms with Crippen molar-refractivity contribution in [1.82, 2.24) is 10.2 Å². The summed E-state index contributed by atoms with van der Waals surface area (Å²) in [6.07, 6.45) is 0.155. The molecule has 1 amide bonds. The van der Waals surface area contributed by atoms with E-state index in [1.54, 1.807) is 24.3 Å². The first kappa shape index (κ1) is 16.2. The van der Waals surface area contributed by atoms with Crippen molar-refractivity contribution in [3.63, 3.8) is 0 Å². The van der Waals surface area contributed by atoms with Gasteiger partial charge in [0.05, 0.1) is 19.3 Å². The maximum absolute atomic E-state index is 11.8. The average Bonchev–Trinajstić information content (AvgIpc) is 2.50. The molecule has 2 rings (SSSR count). The van der Waals surface area contributed by atoms with Gasteiger partial charge in [-0.15, -0.1) is 0 Å². The van der Waals surface area contributed by atoms with Crippen molar-refractivity contribution in [3.05, 3.63) is 29.3 Å². The number of amides is 1. The molecule has 1 aromatic carbocycles. The van der Waals surface area contributed by atoms with Gasteiger partial charge >= 0.3 is 0 Å². The fourth-order valence-electron chi connectivity index (χ4n) is 2.28. The van der Waals surface area contributed by atoms with Gasteiger partial charge in [0.25, 0.3) is 0 Å². The van der Waals surface area contributed by atoms with Gasteiger partial charge in [-0.3, -0.25) is 9.69 Å². The van der Waals surface area contributed by atoms with E-state index in [0.29, 0.717) is 11.6 Å². The quantitative estimate of drug-likeness (QED) is 0.838. The van der Waals surface area contributed by atoms with Crippen LogP contribution < -0.4 is 10.6 Å². The average molecular weight is 312 g/mol. The molecule has 1 unspecified atom stereocenters. The lowest BCUT2D eigenvalue weighted by Crippen LogP contribution is -2.47. The van der Waals surface area contributed by atoms with Gasteiger partial charge < -0.3 is 15.4 Å². The highest BCUT2D eigenvalue weighted by atomic mass is 35.5. The molecule has 0 saturated carbocycles. The number of likely N-dealkylation sites (N-methyl/N-ethyl adjacent to an activating group) is 1. The van der Waals surface area contributed by atoms with E-state index in [0.717, 1.165) is 31.9 Å². The summed E-state index contributed by atoms with van der Waals surface area (Å²) in [6.45, 7) is 6.81. The SMILES string of the molecule is CCN1CCOC(CNCC(=O)Nc2ccc(Cl)cc2)C1. The minimum Gasteiger partial charge on any atom is -0.374 e.